The van der Waals surface area contributed by atoms with Crippen molar-refractivity contribution in [3.8, 4) is 0 Å². The lowest BCUT2D eigenvalue weighted by molar-refractivity contribution is -0.120. The van der Waals surface area contributed by atoms with Gasteiger partial charge in [0.15, 0.2) is 0 Å². The molecular weight excluding hydrogens is 408 g/mol. The van der Waals surface area contributed by atoms with E-state index < -0.39 is 10.0 Å². The van der Waals surface area contributed by atoms with Crippen molar-refractivity contribution in [2.75, 3.05) is 32.8 Å². The van der Waals surface area contributed by atoms with Crippen LogP contribution < -0.4 is 5.32 Å². The van der Waals surface area contributed by atoms with E-state index in [-0.39, 0.29) is 12.3 Å². The number of benzene rings is 1. The number of fused-ring (bicyclic) bond motifs is 1. The predicted octanol–water partition coefficient (Wildman–Crippen LogP) is 2.55. The molecule has 1 aromatic heterocycles. The zero-order valence-corrected chi connectivity index (χ0v) is 17.9. The lowest BCUT2D eigenvalue weighted by Crippen LogP contribution is -2.40. The van der Waals surface area contributed by atoms with Crippen LogP contribution in [0.5, 0.6) is 0 Å². The van der Waals surface area contributed by atoms with Gasteiger partial charge in [-0.05, 0) is 42.5 Å². The van der Waals surface area contributed by atoms with Crippen LogP contribution in [0.1, 0.15) is 34.8 Å². The summed E-state index contributed by atoms with van der Waals surface area (Å²) >= 11 is 1.18. The van der Waals surface area contributed by atoms with Gasteiger partial charge in [0.1, 0.15) is 4.21 Å². The third kappa shape index (κ3) is 4.71. The highest BCUT2D eigenvalue weighted by Gasteiger charge is 2.28. The first-order valence-electron chi connectivity index (χ1n) is 10.0. The van der Waals surface area contributed by atoms with E-state index in [1.807, 2.05) is 0 Å². The SMILES string of the molecule is O=C(Cc1ccc(S(=O)(=O)N2CCOCC2)s1)NCC1CCCc2ccccc21. The molecule has 1 atom stereocenters. The molecule has 2 aromatic rings. The van der Waals surface area contributed by atoms with Crippen molar-refractivity contribution >= 4 is 27.3 Å². The number of nitrogens with zero attached hydrogens (tertiary/aromatic N) is 1. The Morgan fingerprint density at radius 1 is 1.17 bits per heavy atom. The van der Waals surface area contributed by atoms with E-state index in [9.17, 15) is 13.2 Å². The molecule has 1 amide bonds. The zero-order chi connectivity index (χ0) is 20.3. The number of ether oxygens (including phenoxy) is 1. The Labute approximate surface area is 175 Å². The highest BCUT2D eigenvalue weighted by Crippen LogP contribution is 2.31. The number of hydrogen-bond acceptors (Lipinski definition) is 5. The average Bonchev–Trinajstić information content (AvgIpc) is 3.22. The van der Waals surface area contributed by atoms with Crippen molar-refractivity contribution in [1.82, 2.24) is 9.62 Å². The molecule has 2 heterocycles. The summed E-state index contributed by atoms with van der Waals surface area (Å²) in [6.07, 6.45) is 3.54. The Hall–Kier alpha value is -1.74. The number of amides is 1. The maximum Gasteiger partial charge on any atom is 0.252 e. The summed E-state index contributed by atoms with van der Waals surface area (Å²) in [7, 11) is -3.50. The van der Waals surface area contributed by atoms with Gasteiger partial charge in [0, 0.05) is 30.4 Å². The number of aryl methyl sites for hydroxylation is 1. The van der Waals surface area contributed by atoms with E-state index in [0.29, 0.717) is 43.0 Å². The van der Waals surface area contributed by atoms with Gasteiger partial charge in [-0.15, -0.1) is 11.3 Å². The van der Waals surface area contributed by atoms with Gasteiger partial charge in [-0.25, -0.2) is 8.42 Å². The van der Waals surface area contributed by atoms with Gasteiger partial charge < -0.3 is 10.1 Å². The molecule has 1 aliphatic carbocycles. The van der Waals surface area contributed by atoms with Crippen LogP contribution in [0.25, 0.3) is 0 Å². The molecule has 1 aliphatic heterocycles. The van der Waals surface area contributed by atoms with Gasteiger partial charge in [-0.2, -0.15) is 4.31 Å². The Morgan fingerprint density at radius 3 is 2.79 bits per heavy atom. The minimum Gasteiger partial charge on any atom is -0.379 e. The summed E-state index contributed by atoms with van der Waals surface area (Å²) < 4.78 is 32.4. The largest absolute Gasteiger partial charge is 0.379 e. The number of hydrogen-bond donors (Lipinski definition) is 1. The fourth-order valence-corrected chi connectivity index (χ4v) is 6.95. The fourth-order valence-electron chi connectivity index (χ4n) is 4.03. The second-order valence-corrected chi connectivity index (χ2v) is 10.8. The average molecular weight is 435 g/mol. The van der Waals surface area contributed by atoms with Crippen LogP contribution in [-0.4, -0.2) is 51.5 Å². The Kier molecular flexibility index (Phi) is 6.34. The first kappa shape index (κ1) is 20.5. The van der Waals surface area contributed by atoms with E-state index in [4.69, 9.17) is 4.74 Å². The van der Waals surface area contributed by atoms with Crippen molar-refractivity contribution in [3.63, 3.8) is 0 Å². The molecule has 0 spiro atoms. The molecule has 0 radical (unpaired) electrons. The maximum atomic E-state index is 12.7. The fraction of sp³-hybridized carbons (Fsp3) is 0.476. The highest BCUT2D eigenvalue weighted by molar-refractivity contribution is 7.91. The van der Waals surface area contributed by atoms with E-state index in [2.05, 4.69) is 29.6 Å². The molecule has 6 nitrogen and oxygen atoms in total. The van der Waals surface area contributed by atoms with Crippen molar-refractivity contribution in [1.29, 1.82) is 0 Å². The van der Waals surface area contributed by atoms with Crippen LogP contribution in [0.3, 0.4) is 0 Å². The predicted molar refractivity (Wildman–Crippen MR) is 113 cm³/mol. The summed E-state index contributed by atoms with van der Waals surface area (Å²) in [5.41, 5.74) is 2.73. The number of morpholine rings is 1. The molecule has 1 fully saturated rings. The third-order valence-electron chi connectivity index (χ3n) is 5.58. The second-order valence-electron chi connectivity index (χ2n) is 7.51. The minimum atomic E-state index is -3.50. The van der Waals surface area contributed by atoms with Crippen LogP contribution >= 0.6 is 11.3 Å². The molecule has 29 heavy (non-hydrogen) atoms. The molecule has 1 saturated heterocycles. The lowest BCUT2D eigenvalue weighted by atomic mass is 9.83. The molecule has 0 bridgehead atoms. The number of thiophene rings is 1. The van der Waals surface area contributed by atoms with E-state index in [0.717, 1.165) is 24.1 Å². The normalized spacial score (nSPS) is 20.2. The molecule has 0 saturated carbocycles. The van der Waals surface area contributed by atoms with Crippen LogP contribution in [0, 0.1) is 0 Å². The first-order valence-corrected chi connectivity index (χ1v) is 12.3. The number of carbonyl (C=O) groups excluding carboxylic acids is 1. The lowest BCUT2D eigenvalue weighted by Gasteiger charge is -2.25. The monoisotopic (exact) mass is 434 g/mol. The second kappa shape index (κ2) is 8.95. The van der Waals surface area contributed by atoms with Crippen LogP contribution in [0.4, 0.5) is 0 Å². The molecular formula is C21H26N2O4S2. The standard InChI is InChI=1S/C21H26N2O4S2/c24-20(22-15-17-6-3-5-16-4-1-2-7-19(16)17)14-18-8-9-21(28-18)29(25,26)23-10-12-27-13-11-23/h1-2,4,7-9,17H,3,5-6,10-15H2,(H,22,24). The highest BCUT2D eigenvalue weighted by atomic mass is 32.2. The number of carbonyl (C=O) groups is 1. The Balaban J connectivity index is 1.34. The molecule has 2 aliphatic rings. The maximum absolute atomic E-state index is 12.7. The van der Waals surface area contributed by atoms with Gasteiger partial charge >= 0.3 is 0 Å². The summed E-state index contributed by atoms with van der Waals surface area (Å²) in [5.74, 6) is 0.287. The van der Waals surface area contributed by atoms with Crippen molar-refractivity contribution < 1.29 is 17.9 Å². The van der Waals surface area contributed by atoms with Crippen molar-refractivity contribution in [2.45, 2.75) is 35.8 Å². The summed E-state index contributed by atoms with van der Waals surface area (Å²) in [4.78, 5) is 13.2. The van der Waals surface area contributed by atoms with E-state index >= 15 is 0 Å². The van der Waals surface area contributed by atoms with Crippen LogP contribution in [-0.2, 0) is 32.4 Å². The zero-order valence-electron chi connectivity index (χ0n) is 16.3. The molecule has 8 heteroatoms. The minimum absolute atomic E-state index is 0.0646. The smallest absolute Gasteiger partial charge is 0.252 e. The first-order chi connectivity index (χ1) is 14.0. The Bertz CT molecular complexity index is 965. The van der Waals surface area contributed by atoms with Crippen molar-refractivity contribution in [3.05, 3.63) is 52.4 Å². The summed E-state index contributed by atoms with van der Waals surface area (Å²) in [6, 6.07) is 11.8. The molecule has 1 N–H and O–H groups in total. The third-order valence-corrected chi connectivity index (χ3v) is 9.03. The van der Waals surface area contributed by atoms with Gasteiger partial charge in [-0.1, -0.05) is 24.3 Å². The van der Waals surface area contributed by atoms with E-state index in [1.165, 1.54) is 26.8 Å². The summed E-state index contributed by atoms with van der Waals surface area (Å²) in [6.45, 7) is 2.21. The van der Waals surface area contributed by atoms with Gasteiger partial charge in [0.25, 0.3) is 10.0 Å². The van der Waals surface area contributed by atoms with Crippen LogP contribution in [0.15, 0.2) is 40.6 Å². The molecule has 4 rings (SSSR count). The molecule has 156 valence electrons. The number of rotatable bonds is 6. The topological polar surface area (TPSA) is 75.7 Å². The van der Waals surface area contributed by atoms with Gasteiger partial charge in [-0.3, -0.25) is 4.79 Å². The quantitative estimate of drug-likeness (QED) is 0.758. The number of nitrogens with one attached hydrogen (secondary N) is 1. The molecule has 1 unspecified atom stereocenters. The van der Waals surface area contributed by atoms with Gasteiger partial charge in [0.2, 0.25) is 5.91 Å². The van der Waals surface area contributed by atoms with Gasteiger partial charge in [0.05, 0.1) is 19.6 Å². The van der Waals surface area contributed by atoms with Crippen molar-refractivity contribution in [2.24, 2.45) is 0 Å². The molecule has 1 aromatic carbocycles. The Morgan fingerprint density at radius 2 is 1.97 bits per heavy atom. The van der Waals surface area contributed by atoms with Crippen LogP contribution in [0.2, 0.25) is 0 Å². The van der Waals surface area contributed by atoms with E-state index in [1.54, 1.807) is 12.1 Å². The number of sulfonamides is 1. The summed E-state index contributed by atoms with van der Waals surface area (Å²) in [5, 5.41) is 3.04.